The Labute approximate surface area is 128 Å². The van der Waals surface area contributed by atoms with Gasteiger partial charge in [0.2, 0.25) is 0 Å². The molecule has 2 N–H and O–H groups in total. The molecule has 0 aromatic carbocycles. The van der Waals surface area contributed by atoms with Gasteiger partial charge >= 0.3 is 5.97 Å². The standard InChI is InChI=1S/C15H22N2O5/c1-11(2)9-16-13(18)10-22-12-5-3-7-17(15(12)21)8-4-6-14(19)20/h3,5,7,11H,4,6,8-10H2,1-2H3,(H,16,18)(H,19,20). The van der Waals surface area contributed by atoms with Crippen LogP contribution in [0.5, 0.6) is 5.75 Å². The van der Waals surface area contributed by atoms with Gasteiger partial charge in [-0.2, -0.15) is 0 Å². The molecule has 0 radical (unpaired) electrons. The van der Waals surface area contributed by atoms with Crippen molar-refractivity contribution in [3.05, 3.63) is 28.7 Å². The number of carbonyl (C=O) groups excluding carboxylic acids is 1. The molecule has 22 heavy (non-hydrogen) atoms. The number of nitrogens with one attached hydrogen (secondary N) is 1. The third-order valence-corrected chi connectivity index (χ3v) is 2.84. The number of carboxylic acid groups (broad SMARTS) is 1. The van der Waals surface area contributed by atoms with E-state index in [1.54, 1.807) is 12.3 Å². The maximum Gasteiger partial charge on any atom is 0.303 e. The van der Waals surface area contributed by atoms with E-state index < -0.39 is 5.97 Å². The molecule has 0 spiro atoms. The SMILES string of the molecule is CC(C)CNC(=O)COc1cccn(CCCC(=O)O)c1=O. The van der Waals surface area contributed by atoms with Crippen molar-refractivity contribution in [1.29, 1.82) is 0 Å². The molecular weight excluding hydrogens is 288 g/mol. The fraction of sp³-hybridized carbons (Fsp3) is 0.533. The predicted octanol–water partition coefficient (Wildman–Crippen LogP) is 0.864. The van der Waals surface area contributed by atoms with Crippen LogP contribution < -0.4 is 15.6 Å². The summed E-state index contributed by atoms with van der Waals surface area (Å²) in [5.74, 6) is -0.763. The van der Waals surface area contributed by atoms with E-state index in [9.17, 15) is 14.4 Å². The van der Waals surface area contributed by atoms with Crippen LogP contribution >= 0.6 is 0 Å². The van der Waals surface area contributed by atoms with E-state index in [0.717, 1.165) is 0 Å². The zero-order valence-corrected chi connectivity index (χ0v) is 12.9. The molecule has 0 aliphatic heterocycles. The van der Waals surface area contributed by atoms with Gasteiger partial charge in [0.15, 0.2) is 12.4 Å². The molecule has 122 valence electrons. The zero-order valence-electron chi connectivity index (χ0n) is 12.9. The van der Waals surface area contributed by atoms with Crippen molar-refractivity contribution < 1.29 is 19.4 Å². The Bertz CT molecular complexity index is 565. The molecule has 1 amide bonds. The van der Waals surface area contributed by atoms with Gasteiger partial charge < -0.3 is 19.7 Å². The van der Waals surface area contributed by atoms with Gasteiger partial charge in [-0.05, 0) is 24.5 Å². The normalized spacial score (nSPS) is 10.5. The summed E-state index contributed by atoms with van der Waals surface area (Å²) < 4.78 is 6.62. The Morgan fingerprint density at radius 3 is 2.77 bits per heavy atom. The number of aliphatic carboxylic acids is 1. The van der Waals surface area contributed by atoms with Crippen LogP contribution in [0.1, 0.15) is 26.7 Å². The number of aromatic nitrogens is 1. The highest BCUT2D eigenvalue weighted by Gasteiger charge is 2.08. The van der Waals surface area contributed by atoms with E-state index in [1.807, 2.05) is 13.8 Å². The molecule has 0 bridgehead atoms. The molecule has 0 fully saturated rings. The minimum absolute atomic E-state index is 0.00483. The zero-order chi connectivity index (χ0) is 16.5. The van der Waals surface area contributed by atoms with Crippen molar-refractivity contribution in [2.24, 2.45) is 5.92 Å². The topological polar surface area (TPSA) is 97.6 Å². The molecule has 0 aliphatic carbocycles. The molecule has 0 atom stereocenters. The summed E-state index contributed by atoms with van der Waals surface area (Å²) in [6.07, 6.45) is 1.92. The van der Waals surface area contributed by atoms with Crippen molar-refractivity contribution in [3.8, 4) is 5.75 Å². The van der Waals surface area contributed by atoms with E-state index in [4.69, 9.17) is 9.84 Å². The van der Waals surface area contributed by atoms with Crippen LogP contribution in [0.4, 0.5) is 0 Å². The first kappa shape index (κ1) is 17.7. The fourth-order valence-electron chi connectivity index (χ4n) is 1.71. The number of amides is 1. The molecule has 0 unspecified atom stereocenters. The predicted molar refractivity (Wildman–Crippen MR) is 80.9 cm³/mol. The number of hydrogen-bond acceptors (Lipinski definition) is 4. The second kappa shape index (κ2) is 8.86. The number of ether oxygens (including phenoxy) is 1. The molecule has 7 nitrogen and oxygen atoms in total. The molecule has 0 aliphatic rings. The Balaban J connectivity index is 2.55. The van der Waals surface area contributed by atoms with Crippen molar-refractivity contribution >= 4 is 11.9 Å². The second-order valence-corrected chi connectivity index (χ2v) is 5.35. The summed E-state index contributed by atoms with van der Waals surface area (Å²) in [5.41, 5.74) is -0.371. The summed E-state index contributed by atoms with van der Waals surface area (Å²) in [6.45, 7) is 4.58. The number of hydrogen-bond donors (Lipinski definition) is 2. The molecule has 1 rings (SSSR count). The van der Waals surface area contributed by atoms with Crippen LogP contribution in [0.3, 0.4) is 0 Å². The average molecular weight is 310 g/mol. The number of carbonyl (C=O) groups is 2. The van der Waals surface area contributed by atoms with Crippen LogP contribution in [0.2, 0.25) is 0 Å². The van der Waals surface area contributed by atoms with E-state index in [0.29, 0.717) is 25.4 Å². The lowest BCUT2D eigenvalue weighted by Crippen LogP contribution is -2.33. The summed E-state index contributed by atoms with van der Waals surface area (Å²) in [7, 11) is 0. The summed E-state index contributed by atoms with van der Waals surface area (Å²) in [5, 5.41) is 11.3. The van der Waals surface area contributed by atoms with E-state index in [2.05, 4.69) is 5.32 Å². The van der Waals surface area contributed by atoms with Gasteiger partial charge in [-0.25, -0.2) is 0 Å². The summed E-state index contributed by atoms with van der Waals surface area (Å²) in [6, 6.07) is 3.12. The fourth-order valence-corrected chi connectivity index (χ4v) is 1.71. The first-order valence-corrected chi connectivity index (χ1v) is 7.21. The molecule has 0 saturated heterocycles. The van der Waals surface area contributed by atoms with E-state index in [-0.39, 0.29) is 30.2 Å². The monoisotopic (exact) mass is 310 g/mol. The van der Waals surface area contributed by atoms with Gasteiger partial charge in [0.25, 0.3) is 11.5 Å². The average Bonchev–Trinajstić information content (AvgIpc) is 2.45. The van der Waals surface area contributed by atoms with Crippen molar-refractivity contribution in [2.75, 3.05) is 13.2 Å². The Kier molecular flexibility index (Phi) is 7.15. The number of nitrogens with zero attached hydrogens (tertiary/aromatic N) is 1. The Morgan fingerprint density at radius 2 is 2.14 bits per heavy atom. The highest BCUT2D eigenvalue weighted by Crippen LogP contribution is 2.03. The molecule has 1 aromatic heterocycles. The van der Waals surface area contributed by atoms with Gasteiger partial charge in [0, 0.05) is 25.7 Å². The van der Waals surface area contributed by atoms with Crippen molar-refractivity contribution in [2.45, 2.75) is 33.2 Å². The van der Waals surface area contributed by atoms with Gasteiger partial charge in [0.1, 0.15) is 0 Å². The van der Waals surface area contributed by atoms with Crippen LogP contribution in [0, 0.1) is 5.92 Å². The molecule has 1 heterocycles. The van der Waals surface area contributed by atoms with Crippen LogP contribution in [0.15, 0.2) is 23.1 Å². The molecular formula is C15H22N2O5. The number of carboxylic acids is 1. The highest BCUT2D eigenvalue weighted by molar-refractivity contribution is 5.77. The lowest BCUT2D eigenvalue weighted by Gasteiger charge is -2.10. The number of aryl methyl sites for hydroxylation is 1. The van der Waals surface area contributed by atoms with Crippen LogP contribution in [0.25, 0.3) is 0 Å². The first-order valence-electron chi connectivity index (χ1n) is 7.21. The molecule has 1 aromatic rings. The number of rotatable bonds is 9. The van der Waals surface area contributed by atoms with Crippen molar-refractivity contribution in [1.82, 2.24) is 9.88 Å². The lowest BCUT2D eigenvalue weighted by molar-refractivity contribution is -0.137. The van der Waals surface area contributed by atoms with E-state index in [1.165, 1.54) is 10.6 Å². The third kappa shape index (κ3) is 6.43. The van der Waals surface area contributed by atoms with Gasteiger partial charge in [-0.15, -0.1) is 0 Å². The van der Waals surface area contributed by atoms with Crippen LogP contribution in [-0.2, 0) is 16.1 Å². The molecule has 7 heteroatoms. The van der Waals surface area contributed by atoms with Gasteiger partial charge in [-0.3, -0.25) is 14.4 Å². The minimum atomic E-state index is -0.901. The lowest BCUT2D eigenvalue weighted by atomic mass is 10.2. The van der Waals surface area contributed by atoms with E-state index >= 15 is 0 Å². The first-order chi connectivity index (χ1) is 10.4. The molecule has 0 saturated carbocycles. The summed E-state index contributed by atoms with van der Waals surface area (Å²) >= 11 is 0. The Hall–Kier alpha value is -2.31. The second-order valence-electron chi connectivity index (χ2n) is 5.35. The van der Waals surface area contributed by atoms with Gasteiger partial charge in [0.05, 0.1) is 0 Å². The summed E-state index contributed by atoms with van der Waals surface area (Å²) in [4.78, 5) is 34.1. The largest absolute Gasteiger partial charge is 0.481 e. The third-order valence-electron chi connectivity index (χ3n) is 2.84. The van der Waals surface area contributed by atoms with Gasteiger partial charge in [-0.1, -0.05) is 13.8 Å². The van der Waals surface area contributed by atoms with Crippen LogP contribution in [-0.4, -0.2) is 34.7 Å². The smallest absolute Gasteiger partial charge is 0.303 e. The maximum absolute atomic E-state index is 12.1. The quantitative estimate of drug-likeness (QED) is 0.705. The Morgan fingerprint density at radius 1 is 1.41 bits per heavy atom. The highest BCUT2D eigenvalue weighted by atomic mass is 16.5. The van der Waals surface area contributed by atoms with Crippen molar-refractivity contribution in [3.63, 3.8) is 0 Å². The minimum Gasteiger partial charge on any atom is -0.481 e. The maximum atomic E-state index is 12.1. The number of pyridine rings is 1.